The van der Waals surface area contributed by atoms with Gasteiger partial charge in [-0.25, -0.2) is 0 Å². The summed E-state index contributed by atoms with van der Waals surface area (Å²) in [5.74, 6) is -0.344. The highest BCUT2D eigenvalue weighted by Gasteiger charge is 2.06. The van der Waals surface area contributed by atoms with Crippen LogP contribution in [0.25, 0.3) is 0 Å². The number of hydrogen-bond donors (Lipinski definition) is 1. The molecule has 0 unspecified atom stereocenters. The highest BCUT2D eigenvalue weighted by molar-refractivity contribution is 5.92. The summed E-state index contributed by atoms with van der Waals surface area (Å²) in [5, 5.41) is 0. The molecule has 0 fully saturated rings. The molecule has 0 aromatic heterocycles. The molecule has 1 aromatic rings. The molecular weight excluding hydrogens is 204 g/mol. The van der Waals surface area contributed by atoms with Crippen LogP contribution in [0.15, 0.2) is 24.3 Å². The fraction of sp³-hybridized carbons (Fsp3) is 0.333. The highest BCUT2D eigenvalue weighted by Crippen LogP contribution is 2.07. The van der Waals surface area contributed by atoms with E-state index < -0.39 is 5.91 Å². The SMILES string of the molecule is CCC(=O)N(C)Cc1ccc(C(N)=O)cc1. The molecule has 0 aliphatic heterocycles. The van der Waals surface area contributed by atoms with E-state index in [9.17, 15) is 9.59 Å². The molecule has 1 aromatic carbocycles. The van der Waals surface area contributed by atoms with Crippen LogP contribution in [0.4, 0.5) is 0 Å². The summed E-state index contributed by atoms with van der Waals surface area (Å²) in [5.41, 5.74) is 6.59. The summed E-state index contributed by atoms with van der Waals surface area (Å²) in [6, 6.07) is 6.95. The van der Waals surface area contributed by atoms with Crippen LogP contribution in [0, 0.1) is 0 Å². The molecule has 0 bridgehead atoms. The number of rotatable bonds is 4. The largest absolute Gasteiger partial charge is 0.366 e. The Kier molecular flexibility index (Phi) is 4.05. The van der Waals surface area contributed by atoms with E-state index in [1.165, 1.54) is 0 Å². The minimum Gasteiger partial charge on any atom is -0.366 e. The molecule has 86 valence electrons. The lowest BCUT2D eigenvalue weighted by atomic mass is 10.1. The Hall–Kier alpha value is -1.84. The fourth-order valence-corrected chi connectivity index (χ4v) is 1.41. The van der Waals surface area contributed by atoms with Crippen LogP contribution in [-0.4, -0.2) is 23.8 Å². The number of nitrogens with zero attached hydrogens (tertiary/aromatic N) is 1. The van der Waals surface area contributed by atoms with Crippen molar-refractivity contribution < 1.29 is 9.59 Å². The van der Waals surface area contributed by atoms with Crippen molar-refractivity contribution in [2.45, 2.75) is 19.9 Å². The zero-order valence-electron chi connectivity index (χ0n) is 9.56. The van der Waals surface area contributed by atoms with Crippen molar-refractivity contribution in [2.24, 2.45) is 5.73 Å². The summed E-state index contributed by atoms with van der Waals surface area (Å²) in [6.07, 6.45) is 0.496. The topological polar surface area (TPSA) is 63.4 Å². The van der Waals surface area contributed by atoms with Crippen molar-refractivity contribution >= 4 is 11.8 Å². The second kappa shape index (κ2) is 5.30. The maximum Gasteiger partial charge on any atom is 0.248 e. The third-order valence-electron chi connectivity index (χ3n) is 2.39. The van der Waals surface area contributed by atoms with E-state index in [2.05, 4.69) is 0 Å². The molecule has 0 aliphatic carbocycles. The average molecular weight is 220 g/mol. The summed E-state index contributed by atoms with van der Waals surface area (Å²) < 4.78 is 0. The molecule has 4 heteroatoms. The Morgan fingerprint density at radius 2 is 1.81 bits per heavy atom. The molecule has 0 atom stereocenters. The first-order valence-electron chi connectivity index (χ1n) is 5.17. The molecule has 0 saturated heterocycles. The van der Waals surface area contributed by atoms with Crippen molar-refractivity contribution in [2.75, 3.05) is 7.05 Å². The Bertz CT molecular complexity index is 385. The molecule has 1 rings (SSSR count). The number of hydrogen-bond acceptors (Lipinski definition) is 2. The van der Waals surface area contributed by atoms with E-state index in [0.717, 1.165) is 5.56 Å². The molecule has 4 nitrogen and oxygen atoms in total. The maximum absolute atomic E-state index is 11.3. The molecule has 0 aliphatic rings. The van der Waals surface area contributed by atoms with Crippen LogP contribution in [0.5, 0.6) is 0 Å². The van der Waals surface area contributed by atoms with Crippen LogP contribution >= 0.6 is 0 Å². The number of carbonyl (C=O) groups is 2. The number of nitrogens with two attached hydrogens (primary N) is 1. The number of carbonyl (C=O) groups excluding carboxylic acids is 2. The van der Waals surface area contributed by atoms with Crippen molar-refractivity contribution in [3.8, 4) is 0 Å². The van der Waals surface area contributed by atoms with Gasteiger partial charge in [-0.05, 0) is 17.7 Å². The van der Waals surface area contributed by atoms with Gasteiger partial charge in [0.2, 0.25) is 11.8 Å². The summed E-state index contributed by atoms with van der Waals surface area (Å²) in [6.45, 7) is 2.38. The van der Waals surface area contributed by atoms with Crippen LogP contribution in [-0.2, 0) is 11.3 Å². The summed E-state index contributed by atoms with van der Waals surface area (Å²) in [4.78, 5) is 23.8. The molecule has 0 saturated carbocycles. The Morgan fingerprint density at radius 3 is 2.25 bits per heavy atom. The van der Waals surface area contributed by atoms with Gasteiger partial charge in [-0.2, -0.15) is 0 Å². The van der Waals surface area contributed by atoms with Crippen molar-refractivity contribution in [1.29, 1.82) is 0 Å². The lowest BCUT2D eigenvalue weighted by Crippen LogP contribution is -2.25. The van der Waals surface area contributed by atoms with Crippen LogP contribution < -0.4 is 5.73 Å². The molecule has 0 heterocycles. The van der Waals surface area contributed by atoms with Crippen LogP contribution in [0.1, 0.15) is 29.3 Å². The molecule has 16 heavy (non-hydrogen) atoms. The minimum atomic E-state index is -0.440. The Labute approximate surface area is 95.0 Å². The monoisotopic (exact) mass is 220 g/mol. The van der Waals surface area contributed by atoms with E-state index >= 15 is 0 Å². The van der Waals surface area contributed by atoms with Crippen molar-refractivity contribution in [3.05, 3.63) is 35.4 Å². The van der Waals surface area contributed by atoms with Gasteiger partial charge in [0.25, 0.3) is 0 Å². The van der Waals surface area contributed by atoms with Gasteiger partial charge in [-0.1, -0.05) is 19.1 Å². The van der Waals surface area contributed by atoms with Gasteiger partial charge in [0, 0.05) is 25.6 Å². The lowest BCUT2D eigenvalue weighted by Gasteiger charge is -2.16. The van der Waals surface area contributed by atoms with Crippen LogP contribution in [0.3, 0.4) is 0 Å². The molecule has 0 spiro atoms. The Balaban J connectivity index is 2.68. The predicted molar refractivity (Wildman–Crippen MR) is 61.7 cm³/mol. The molecule has 0 radical (unpaired) electrons. The van der Waals surface area contributed by atoms with E-state index in [0.29, 0.717) is 18.5 Å². The minimum absolute atomic E-state index is 0.0963. The van der Waals surface area contributed by atoms with Crippen molar-refractivity contribution in [1.82, 2.24) is 4.90 Å². The van der Waals surface area contributed by atoms with Gasteiger partial charge >= 0.3 is 0 Å². The van der Waals surface area contributed by atoms with Gasteiger partial charge in [-0.3, -0.25) is 9.59 Å². The van der Waals surface area contributed by atoms with Gasteiger partial charge in [0.05, 0.1) is 0 Å². The molecule has 2 amide bonds. The predicted octanol–water partition coefficient (Wildman–Crippen LogP) is 1.15. The first kappa shape index (κ1) is 12.2. The molecular formula is C12H16N2O2. The average Bonchev–Trinajstić information content (AvgIpc) is 2.28. The summed E-state index contributed by atoms with van der Waals surface area (Å²) >= 11 is 0. The van der Waals surface area contributed by atoms with Gasteiger partial charge < -0.3 is 10.6 Å². The molecule has 2 N–H and O–H groups in total. The number of benzene rings is 1. The second-order valence-corrected chi connectivity index (χ2v) is 3.66. The third-order valence-corrected chi connectivity index (χ3v) is 2.39. The van der Waals surface area contributed by atoms with Gasteiger partial charge in [-0.15, -0.1) is 0 Å². The first-order valence-corrected chi connectivity index (χ1v) is 5.17. The quantitative estimate of drug-likeness (QED) is 0.827. The first-order chi connectivity index (χ1) is 7.54. The Morgan fingerprint density at radius 1 is 1.25 bits per heavy atom. The third kappa shape index (κ3) is 3.08. The number of primary amides is 1. The second-order valence-electron chi connectivity index (χ2n) is 3.66. The number of amides is 2. The standard InChI is InChI=1S/C12H16N2O2/c1-3-11(15)14(2)8-9-4-6-10(7-5-9)12(13)16/h4-7H,3,8H2,1-2H3,(H2,13,16). The fourth-order valence-electron chi connectivity index (χ4n) is 1.41. The smallest absolute Gasteiger partial charge is 0.248 e. The van der Waals surface area contributed by atoms with Crippen molar-refractivity contribution in [3.63, 3.8) is 0 Å². The normalized spacial score (nSPS) is 9.88. The lowest BCUT2D eigenvalue weighted by molar-refractivity contribution is -0.130. The zero-order valence-corrected chi connectivity index (χ0v) is 9.56. The van der Waals surface area contributed by atoms with Gasteiger partial charge in [0.15, 0.2) is 0 Å². The summed E-state index contributed by atoms with van der Waals surface area (Å²) in [7, 11) is 1.76. The van der Waals surface area contributed by atoms with E-state index in [-0.39, 0.29) is 5.91 Å². The zero-order chi connectivity index (χ0) is 12.1. The van der Waals surface area contributed by atoms with E-state index in [4.69, 9.17) is 5.73 Å². The van der Waals surface area contributed by atoms with Gasteiger partial charge in [0.1, 0.15) is 0 Å². The van der Waals surface area contributed by atoms with Crippen LogP contribution in [0.2, 0.25) is 0 Å². The maximum atomic E-state index is 11.3. The highest BCUT2D eigenvalue weighted by atomic mass is 16.2. The van der Waals surface area contributed by atoms with E-state index in [1.54, 1.807) is 36.2 Å². The van der Waals surface area contributed by atoms with E-state index in [1.807, 2.05) is 6.92 Å².